The van der Waals surface area contributed by atoms with E-state index < -0.39 is 24.4 Å². The number of hydrogen-bond donors (Lipinski definition) is 3. The Morgan fingerprint density at radius 2 is 2.10 bits per heavy atom. The minimum Gasteiger partial charge on any atom is -0.391 e. The summed E-state index contributed by atoms with van der Waals surface area (Å²) in [7, 11) is 0. The second-order valence-electron chi connectivity index (χ2n) is 2.60. The minimum absolute atomic E-state index is 0.108. The maximum absolute atomic E-state index is 9.09. The molecule has 60 valence electrons. The van der Waals surface area contributed by atoms with E-state index in [0.717, 1.165) is 0 Å². The summed E-state index contributed by atoms with van der Waals surface area (Å²) in [5, 5.41) is 27.0. The predicted octanol–water partition coefficient (Wildman–Crippen LogP) is -1.51. The van der Waals surface area contributed by atoms with Crippen LogP contribution in [-0.4, -0.2) is 46.3 Å². The first-order valence-corrected chi connectivity index (χ1v) is 3.28. The van der Waals surface area contributed by atoms with E-state index >= 15 is 0 Å². The Labute approximate surface area is 59.1 Å². The summed E-state index contributed by atoms with van der Waals surface area (Å²) >= 11 is 0. The van der Waals surface area contributed by atoms with Gasteiger partial charge in [-0.2, -0.15) is 0 Å². The van der Waals surface area contributed by atoms with Gasteiger partial charge >= 0.3 is 0 Å². The molecule has 0 aromatic rings. The summed E-state index contributed by atoms with van der Waals surface area (Å²) in [6, 6.07) is 0. The van der Waals surface area contributed by atoms with Gasteiger partial charge in [-0.1, -0.05) is 0 Å². The lowest BCUT2D eigenvalue weighted by Gasteiger charge is -2.16. The lowest BCUT2D eigenvalue weighted by Crippen LogP contribution is -2.36. The van der Waals surface area contributed by atoms with Crippen LogP contribution >= 0.6 is 0 Å². The third-order valence-electron chi connectivity index (χ3n) is 1.67. The zero-order valence-electron chi connectivity index (χ0n) is 5.77. The topological polar surface area (TPSA) is 69.9 Å². The first-order valence-electron chi connectivity index (χ1n) is 3.28. The Morgan fingerprint density at radius 1 is 1.50 bits per heavy atom. The summed E-state index contributed by atoms with van der Waals surface area (Å²) in [5.74, 6) is 0. The van der Waals surface area contributed by atoms with Gasteiger partial charge in [0.25, 0.3) is 0 Å². The molecule has 0 amide bonds. The second-order valence-corrected chi connectivity index (χ2v) is 2.60. The van der Waals surface area contributed by atoms with Crippen molar-refractivity contribution < 1.29 is 20.1 Å². The fourth-order valence-corrected chi connectivity index (χ4v) is 1.05. The highest BCUT2D eigenvalue weighted by Crippen LogP contribution is 2.16. The summed E-state index contributed by atoms with van der Waals surface area (Å²) < 4.78 is 4.89. The van der Waals surface area contributed by atoms with Crippen molar-refractivity contribution in [1.29, 1.82) is 0 Å². The number of hydrogen-bond acceptors (Lipinski definition) is 4. The molecule has 1 fully saturated rings. The van der Waals surface area contributed by atoms with Crippen molar-refractivity contribution in [2.75, 3.05) is 6.61 Å². The summed E-state index contributed by atoms with van der Waals surface area (Å²) in [6.07, 6.45) is -3.15. The Hall–Kier alpha value is -0.160. The van der Waals surface area contributed by atoms with Gasteiger partial charge in [0.05, 0.1) is 12.7 Å². The van der Waals surface area contributed by atoms with Crippen molar-refractivity contribution in [3.63, 3.8) is 0 Å². The van der Waals surface area contributed by atoms with Gasteiger partial charge in [0.1, 0.15) is 18.3 Å². The Bertz CT molecular complexity index is 114. The first-order chi connectivity index (χ1) is 4.63. The highest BCUT2D eigenvalue weighted by Gasteiger charge is 2.37. The molecule has 1 heterocycles. The molecule has 1 aliphatic rings. The standard InChI is InChI=1S/C6H12O4/c1-3(7)6-5(9)4(8)2-10-6/h3-9H,2H2,1H3/t3?,4-,5-,6?/m0/s1. The van der Waals surface area contributed by atoms with Crippen LogP contribution < -0.4 is 0 Å². The molecule has 1 aliphatic heterocycles. The monoisotopic (exact) mass is 148 g/mol. The Kier molecular flexibility index (Phi) is 2.25. The van der Waals surface area contributed by atoms with Crippen LogP contribution in [0.25, 0.3) is 0 Å². The van der Waals surface area contributed by atoms with E-state index in [4.69, 9.17) is 20.1 Å². The molecule has 4 atom stereocenters. The minimum atomic E-state index is -0.944. The van der Waals surface area contributed by atoms with Gasteiger partial charge in [-0.05, 0) is 6.92 Å². The van der Waals surface area contributed by atoms with E-state index in [1.54, 1.807) is 0 Å². The predicted molar refractivity (Wildman–Crippen MR) is 33.4 cm³/mol. The van der Waals surface area contributed by atoms with Crippen molar-refractivity contribution in [2.45, 2.75) is 31.3 Å². The van der Waals surface area contributed by atoms with Crippen LogP contribution in [0.2, 0.25) is 0 Å². The van der Waals surface area contributed by atoms with Crippen molar-refractivity contribution in [2.24, 2.45) is 0 Å². The molecule has 0 aliphatic carbocycles. The number of aliphatic hydroxyl groups is 3. The van der Waals surface area contributed by atoms with E-state index in [0.29, 0.717) is 0 Å². The maximum Gasteiger partial charge on any atom is 0.112 e. The molecule has 0 spiro atoms. The second kappa shape index (κ2) is 2.84. The summed E-state index contributed by atoms with van der Waals surface area (Å²) in [4.78, 5) is 0. The smallest absolute Gasteiger partial charge is 0.112 e. The van der Waals surface area contributed by atoms with Gasteiger partial charge in [0.15, 0.2) is 0 Å². The lowest BCUT2D eigenvalue weighted by atomic mass is 10.1. The molecule has 0 saturated carbocycles. The average Bonchev–Trinajstić information content (AvgIpc) is 2.14. The van der Waals surface area contributed by atoms with Crippen LogP contribution in [-0.2, 0) is 4.74 Å². The fraction of sp³-hybridized carbons (Fsp3) is 1.00. The van der Waals surface area contributed by atoms with Crippen molar-refractivity contribution >= 4 is 0 Å². The molecule has 2 unspecified atom stereocenters. The third kappa shape index (κ3) is 1.29. The number of rotatable bonds is 1. The normalized spacial score (nSPS) is 43.8. The molecule has 0 aromatic carbocycles. The van der Waals surface area contributed by atoms with E-state index in [9.17, 15) is 0 Å². The van der Waals surface area contributed by atoms with E-state index in [1.807, 2.05) is 0 Å². The Morgan fingerprint density at radius 3 is 2.30 bits per heavy atom. The van der Waals surface area contributed by atoms with E-state index in [1.165, 1.54) is 6.92 Å². The molecule has 0 bridgehead atoms. The highest BCUT2D eigenvalue weighted by atomic mass is 16.5. The van der Waals surface area contributed by atoms with Crippen LogP contribution in [0.1, 0.15) is 6.92 Å². The molecule has 0 aromatic heterocycles. The van der Waals surface area contributed by atoms with Crippen molar-refractivity contribution in [3.05, 3.63) is 0 Å². The zero-order chi connectivity index (χ0) is 7.72. The Balaban J connectivity index is 2.49. The molecule has 0 radical (unpaired) electrons. The van der Waals surface area contributed by atoms with E-state index in [2.05, 4.69) is 0 Å². The zero-order valence-corrected chi connectivity index (χ0v) is 5.77. The van der Waals surface area contributed by atoms with Crippen LogP contribution in [0.3, 0.4) is 0 Å². The summed E-state index contributed by atoms with van der Waals surface area (Å²) in [5.41, 5.74) is 0. The van der Waals surface area contributed by atoms with Gasteiger partial charge in [0, 0.05) is 0 Å². The quantitative estimate of drug-likeness (QED) is 0.422. The molecule has 1 saturated heterocycles. The van der Waals surface area contributed by atoms with Crippen LogP contribution in [0.4, 0.5) is 0 Å². The maximum atomic E-state index is 9.09. The van der Waals surface area contributed by atoms with Crippen LogP contribution in [0.5, 0.6) is 0 Å². The van der Waals surface area contributed by atoms with E-state index in [-0.39, 0.29) is 6.61 Å². The summed E-state index contributed by atoms with van der Waals surface area (Å²) in [6.45, 7) is 1.63. The van der Waals surface area contributed by atoms with Gasteiger partial charge in [-0.15, -0.1) is 0 Å². The molecular formula is C6H12O4. The molecule has 10 heavy (non-hydrogen) atoms. The largest absolute Gasteiger partial charge is 0.391 e. The molecule has 1 rings (SSSR count). The molecule has 4 heteroatoms. The van der Waals surface area contributed by atoms with Gasteiger partial charge in [0.2, 0.25) is 0 Å². The lowest BCUT2D eigenvalue weighted by molar-refractivity contribution is -0.0429. The van der Waals surface area contributed by atoms with Crippen molar-refractivity contribution in [1.82, 2.24) is 0 Å². The molecule has 4 nitrogen and oxygen atoms in total. The van der Waals surface area contributed by atoms with Gasteiger partial charge in [-0.3, -0.25) is 0 Å². The van der Waals surface area contributed by atoms with Gasteiger partial charge in [-0.25, -0.2) is 0 Å². The average molecular weight is 148 g/mol. The third-order valence-corrected chi connectivity index (χ3v) is 1.67. The fourth-order valence-electron chi connectivity index (χ4n) is 1.05. The van der Waals surface area contributed by atoms with Crippen LogP contribution in [0, 0.1) is 0 Å². The van der Waals surface area contributed by atoms with Gasteiger partial charge < -0.3 is 20.1 Å². The molecule has 3 N–H and O–H groups in total. The first kappa shape index (κ1) is 7.94. The number of ether oxygens (including phenoxy) is 1. The van der Waals surface area contributed by atoms with Crippen molar-refractivity contribution in [3.8, 4) is 0 Å². The molecular weight excluding hydrogens is 136 g/mol. The SMILES string of the molecule is CC(O)C1OC[C@H](O)[C@@H]1O. The number of aliphatic hydroxyl groups excluding tert-OH is 3. The highest BCUT2D eigenvalue weighted by molar-refractivity contribution is 4.85. The van der Waals surface area contributed by atoms with Crippen LogP contribution in [0.15, 0.2) is 0 Å².